The number of hydrogen-bond acceptors (Lipinski definition) is 10. The van der Waals surface area contributed by atoms with Crippen LogP contribution >= 0.6 is 0 Å². The molecular formula is C45H60N4O7. The maximum atomic E-state index is 15.3. The molecule has 5 aliphatic heterocycles. The van der Waals surface area contributed by atoms with Crippen molar-refractivity contribution in [1.29, 1.82) is 0 Å². The van der Waals surface area contributed by atoms with Gasteiger partial charge in [0.2, 0.25) is 0 Å². The van der Waals surface area contributed by atoms with E-state index in [1.807, 2.05) is 26.1 Å². The number of esters is 2. The molecule has 6 heterocycles. The molecule has 6 aliphatic rings. The predicted octanol–water partition coefficient (Wildman–Crippen LogP) is 5.06. The standard InChI is InChI=1S/C45H60N4O7/c1-7-41-16-11-18-49-19-12-17-43(37(41)49)31-21-32(35(54-4)22-34(31)47(3)38(43)45(53,26-41)40(51)56-6)44(39(50)55-5)24-28-23-42(52,8-2)27-48(25-28)20-15-30-29-13-9-10-14-33(29)46-36(30)44/h9-10,13-14,21-22,28,37-38,46,52-53H,7-8,11-12,15-20,23-27H2,1-6H3/t28-,37+,38-,41+,42+,43-,44+,45-/m1/s1. The number of aromatic nitrogens is 1. The average Bonchev–Trinajstić information content (AvgIpc) is 3.71. The first-order valence-electron chi connectivity index (χ1n) is 21.0. The number of likely N-dealkylation sites (N-methyl/N-ethyl adjacent to an activating group) is 1. The van der Waals surface area contributed by atoms with Gasteiger partial charge in [0.05, 0.1) is 33.0 Å². The number of methoxy groups -OCH3 is 3. The molecule has 0 amide bonds. The SMILES string of the molecule is CC[C@]1(O)C[C@H]2CN(CCc3c([nH]c4ccccc34)[C@@](C(=O)OC)(c3cc4c(cc3OC)N(C)[C@@H]3[C@]45CCCN4CCC[C@@](CC)(C[C@]3(O)C(=O)OC)[C@H]45)C2)C1. The van der Waals surface area contributed by atoms with Gasteiger partial charge in [0, 0.05) is 72.1 Å². The third kappa shape index (κ3) is 4.96. The average molecular weight is 769 g/mol. The highest BCUT2D eigenvalue weighted by molar-refractivity contribution is 5.94. The fourth-order valence-electron chi connectivity index (χ4n) is 13.9. The van der Waals surface area contributed by atoms with Crippen molar-refractivity contribution in [3.8, 4) is 5.75 Å². The minimum absolute atomic E-state index is 0.0351. The number of aliphatic hydroxyl groups is 2. The first kappa shape index (κ1) is 37.9. The molecule has 56 heavy (non-hydrogen) atoms. The molecule has 1 aromatic heterocycles. The Hall–Kier alpha value is -3.64. The number of nitrogens with one attached hydrogen (secondary N) is 1. The lowest BCUT2D eigenvalue weighted by Crippen LogP contribution is -2.79. The van der Waals surface area contributed by atoms with Crippen molar-refractivity contribution in [1.82, 2.24) is 14.8 Å². The molecule has 2 bridgehead atoms. The van der Waals surface area contributed by atoms with Gasteiger partial charge in [-0.05, 0) is 112 Å². The molecule has 9 atom stereocenters. The van der Waals surface area contributed by atoms with Crippen LogP contribution in [0.25, 0.3) is 10.9 Å². The molecule has 3 saturated heterocycles. The van der Waals surface area contributed by atoms with E-state index in [0.29, 0.717) is 44.4 Å². The molecule has 9 rings (SSSR count). The van der Waals surface area contributed by atoms with Crippen molar-refractivity contribution in [3.63, 3.8) is 0 Å². The highest BCUT2D eigenvalue weighted by Gasteiger charge is 2.75. The number of fused-ring (bicyclic) bond motifs is 6. The summed E-state index contributed by atoms with van der Waals surface area (Å²) in [5.41, 5.74) is 0.594. The highest BCUT2D eigenvalue weighted by Crippen LogP contribution is 2.68. The van der Waals surface area contributed by atoms with Crippen LogP contribution in [0.5, 0.6) is 5.75 Å². The van der Waals surface area contributed by atoms with E-state index in [2.05, 4.69) is 50.9 Å². The minimum atomic E-state index is -1.76. The van der Waals surface area contributed by atoms with Gasteiger partial charge in [0.25, 0.3) is 0 Å². The fourth-order valence-corrected chi connectivity index (χ4v) is 13.9. The number of rotatable bonds is 6. The first-order chi connectivity index (χ1) is 26.9. The van der Waals surface area contributed by atoms with Crippen molar-refractivity contribution in [2.24, 2.45) is 11.3 Å². The Morgan fingerprint density at radius 2 is 1.66 bits per heavy atom. The van der Waals surface area contributed by atoms with Crippen molar-refractivity contribution < 1.29 is 34.0 Å². The minimum Gasteiger partial charge on any atom is -0.496 e. The third-order valence-corrected chi connectivity index (χ3v) is 15.8. The molecule has 1 spiro atoms. The maximum Gasteiger partial charge on any atom is 0.340 e. The van der Waals surface area contributed by atoms with Gasteiger partial charge < -0.3 is 34.3 Å². The molecule has 11 nitrogen and oxygen atoms in total. The number of aromatic amines is 1. The molecule has 11 heteroatoms. The lowest BCUT2D eigenvalue weighted by molar-refractivity contribution is -0.201. The zero-order chi connectivity index (χ0) is 39.4. The second kappa shape index (κ2) is 13.2. The van der Waals surface area contributed by atoms with Gasteiger partial charge in [-0.25, -0.2) is 4.79 Å². The summed E-state index contributed by atoms with van der Waals surface area (Å²) in [6, 6.07) is 12.0. The van der Waals surface area contributed by atoms with Gasteiger partial charge in [-0.3, -0.25) is 14.6 Å². The van der Waals surface area contributed by atoms with E-state index in [9.17, 15) is 15.0 Å². The number of nitrogens with zero attached hydrogens (tertiary/aromatic N) is 3. The monoisotopic (exact) mass is 768 g/mol. The molecule has 302 valence electrons. The molecule has 3 N–H and O–H groups in total. The Morgan fingerprint density at radius 3 is 2.38 bits per heavy atom. The second-order valence-electron chi connectivity index (χ2n) is 18.3. The summed E-state index contributed by atoms with van der Waals surface area (Å²) < 4.78 is 17.9. The van der Waals surface area contributed by atoms with E-state index in [-0.39, 0.29) is 23.3 Å². The summed E-state index contributed by atoms with van der Waals surface area (Å²) in [4.78, 5) is 40.4. The van der Waals surface area contributed by atoms with Crippen LogP contribution in [-0.4, -0.2) is 121 Å². The van der Waals surface area contributed by atoms with Gasteiger partial charge in [-0.15, -0.1) is 0 Å². The van der Waals surface area contributed by atoms with Crippen LogP contribution in [0, 0.1) is 11.3 Å². The van der Waals surface area contributed by atoms with Crippen molar-refractivity contribution in [2.45, 2.75) is 112 Å². The van der Waals surface area contributed by atoms with E-state index in [1.165, 1.54) is 14.2 Å². The van der Waals surface area contributed by atoms with Crippen LogP contribution in [0.1, 0.15) is 94.0 Å². The molecule has 4 fully saturated rings. The van der Waals surface area contributed by atoms with E-state index in [1.54, 1.807) is 7.11 Å². The van der Waals surface area contributed by atoms with Crippen molar-refractivity contribution in [3.05, 3.63) is 58.8 Å². The summed E-state index contributed by atoms with van der Waals surface area (Å²) in [6.45, 7) is 8.33. The Morgan fingerprint density at radius 1 is 0.911 bits per heavy atom. The predicted molar refractivity (Wildman–Crippen MR) is 214 cm³/mol. The van der Waals surface area contributed by atoms with Crippen LogP contribution in [0.4, 0.5) is 5.69 Å². The molecule has 1 saturated carbocycles. The summed E-state index contributed by atoms with van der Waals surface area (Å²) in [7, 11) is 6.52. The number of piperidine rings is 3. The summed E-state index contributed by atoms with van der Waals surface area (Å²) in [5.74, 6) is -0.438. The Bertz CT molecular complexity index is 2070. The number of H-pyrrole nitrogens is 1. The smallest absolute Gasteiger partial charge is 0.340 e. The van der Waals surface area contributed by atoms with Crippen molar-refractivity contribution in [2.75, 3.05) is 66.0 Å². The third-order valence-electron chi connectivity index (χ3n) is 15.8. The van der Waals surface area contributed by atoms with E-state index in [4.69, 9.17) is 14.2 Å². The first-order valence-corrected chi connectivity index (χ1v) is 21.0. The number of hydrogen-bond donors (Lipinski definition) is 3. The molecule has 0 radical (unpaired) electrons. The summed E-state index contributed by atoms with van der Waals surface area (Å²) >= 11 is 0. The van der Waals surface area contributed by atoms with Gasteiger partial charge in [0.15, 0.2) is 5.60 Å². The van der Waals surface area contributed by atoms with E-state index < -0.39 is 34.0 Å². The largest absolute Gasteiger partial charge is 0.496 e. The van der Waals surface area contributed by atoms with Crippen LogP contribution < -0.4 is 9.64 Å². The van der Waals surface area contributed by atoms with E-state index in [0.717, 1.165) is 97.3 Å². The second-order valence-corrected chi connectivity index (χ2v) is 18.3. The molecular weight excluding hydrogens is 709 g/mol. The summed E-state index contributed by atoms with van der Waals surface area (Å²) in [6.07, 6.45) is 7.08. The summed E-state index contributed by atoms with van der Waals surface area (Å²) in [5, 5.41) is 26.1. The number of carbonyl (C=O) groups is 2. The van der Waals surface area contributed by atoms with Crippen LogP contribution in [0.3, 0.4) is 0 Å². The van der Waals surface area contributed by atoms with Gasteiger partial charge in [-0.2, -0.15) is 0 Å². The quantitative estimate of drug-likeness (QED) is 0.293. The lowest BCUT2D eigenvalue weighted by atomic mass is 9.45. The highest BCUT2D eigenvalue weighted by atomic mass is 16.5. The van der Waals surface area contributed by atoms with Crippen LogP contribution in [-0.2, 0) is 36.3 Å². The van der Waals surface area contributed by atoms with Crippen LogP contribution in [0.15, 0.2) is 36.4 Å². The Balaban J connectivity index is 1.36. The maximum absolute atomic E-state index is 15.3. The number of anilines is 1. The zero-order valence-electron chi connectivity index (χ0n) is 34.1. The molecule has 1 unspecified atom stereocenters. The van der Waals surface area contributed by atoms with Gasteiger partial charge in [0.1, 0.15) is 11.2 Å². The van der Waals surface area contributed by atoms with Gasteiger partial charge in [-0.1, -0.05) is 32.0 Å². The zero-order valence-corrected chi connectivity index (χ0v) is 34.1. The Labute approximate surface area is 330 Å². The number of benzene rings is 2. The number of carbonyl (C=O) groups excluding carboxylic acids is 2. The van der Waals surface area contributed by atoms with E-state index >= 15 is 4.79 Å². The fraction of sp³-hybridized carbons (Fsp3) is 0.644. The topological polar surface area (TPSA) is 128 Å². The normalized spacial score (nSPS) is 37.6. The molecule has 2 aromatic carbocycles. The molecule has 3 aromatic rings. The van der Waals surface area contributed by atoms with Crippen LogP contribution in [0.2, 0.25) is 0 Å². The van der Waals surface area contributed by atoms with Gasteiger partial charge >= 0.3 is 11.9 Å². The molecule has 1 aliphatic carbocycles. The van der Waals surface area contributed by atoms with Crippen molar-refractivity contribution >= 4 is 28.5 Å². The lowest BCUT2D eigenvalue weighted by Gasteiger charge is -2.67. The Kier molecular flexibility index (Phi) is 8.93. The number of ether oxygens (including phenoxy) is 3. The number of para-hydroxylation sites is 1.